The summed E-state index contributed by atoms with van der Waals surface area (Å²) < 4.78 is 68.2. The molecule has 0 aliphatic carbocycles. The molecule has 8 nitrogen and oxygen atoms in total. The van der Waals surface area contributed by atoms with Gasteiger partial charge in [-0.15, -0.1) is 0 Å². The minimum atomic E-state index is -5.17. The Hall–Kier alpha value is 0.562. The molecular weight excluding hydrogens is 255 g/mol. The quantitative estimate of drug-likeness (QED) is 0.244. The van der Waals surface area contributed by atoms with Crippen LogP contribution in [0.3, 0.4) is 0 Å². The van der Waals surface area contributed by atoms with E-state index in [2.05, 4.69) is 0 Å². The SMILES string of the molecule is O=S(=O)([O-])[O-].O=S(=O)([O-])[O-].[Al+3].[ClH2+]. The van der Waals surface area contributed by atoms with Crippen molar-refractivity contribution in [2.24, 2.45) is 0 Å². The molecule has 0 spiro atoms. The number of hydrogen-bond acceptors (Lipinski definition) is 8. The first-order valence-corrected chi connectivity index (χ1v) is 4.00. The third-order valence-electron chi connectivity index (χ3n) is 0. The van der Waals surface area contributed by atoms with Gasteiger partial charge in [-0.25, -0.2) is 0 Å². The first-order chi connectivity index (χ1) is 4.00. The van der Waals surface area contributed by atoms with E-state index < -0.39 is 20.8 Å². The molecule has 0 rings (SSSR count). The number of hydrogen-bond donors (Lipinski definition) is 0. The van der Waals surface area contributed by atoms with Crippen molar-refractivity contribution >= 4 is 38.2 Å². The van der Waals surface area contributed by atoms with E-state index in [-0.39, 0.29) is 29.8 Å². The van der Waals surface area contributed by atoms with E-state index in [0.717, 1.165) is 0 Å². The van der Waals surface area contributed by atoms with Crippen molar-refractivity contribution in [3.8, 4) is 0 Å². The molecule has 0 aromatic carbocycles. The summed E-state index contributed by atoms with van der Waals surface area (Å²) in [5.41, 5.74) is 0. The fraction of sp³-hybridized carbons (Fsp3) is 0. The standard InChI is InChI=1S/Al.ClH2.2H2O4S/c;;2*1-5(2,3)4/h;1H2;2*(H2,1,2,3,4)/q+3;+1;;/p-4. The average Bonchev–Trinajstić information content (AvgIpc) is 1.12. The molecule has 0 heterocycles. The molecule has 12 heteroatoms. The Balaban J connectivity index is -0.0000000457. The van der Waals surface area contributed by atoms with E-state index in [1.807, 2.05) is 0 Å². The maximum absolute atomic E-state index is 8.52. The van der Waals surface area contributed by atoms with Crippen LogP contribution in [0, 0.1) is 12.4 Å². The molecule has 12 heavy (non-hydrogen) atoms. The van der Waals surface area contributed by atoms with Crippen LogP contribution < -0.4 is 0 Å². The maximum atomic E-state index is 8.52. The van der Waals surface area contributed by atoms with Gasteiger partial charge in [0, 0.05) is 20.8 Å². The van der Waals surface area contributed by atoms with Crippen molar-refractivity contribution in [1.82, 2.24) is 0 Å². The summed E-state index contributed by atoms with van der Waals surface area (Å²) in [6.07, 6.45) is 0. The summed E-state index contributed by atoms with van der Waals surface area (Å²) in [7, 11) is -10.3. The molecule has 0 bridgehead atoms. The topological polar surface area (TPSA) is 161 Å². The molecule has 72 valence electrons. The Morgan fingerprint density at radius 2 is 0.667 bits per heavy atom. The van der Waals surface area contributed by atoms with Gasteiger partial charge < -0.3 is 18.2 Å². The van der Waals surface area contributed by atoms with E-state index in [4.69, 9.17) is 35.0 Å². The summed E-state index contributed by atoms with van der Waals surface area (Å²) >= 11 is 0. The van der Waals surface area contributed by atoms with Crippen LogP contribution in [0.5, 0.6) is 0 Å². The zero-order valence-corrected chi connectivity index (χ0v) is 8.79. The summed E-state index contributed by atoms with van der Waals surface area (Å²) in [5, 5.41) is 0. The number of halogens is 1. The summed E-state index contributed by atoms with van der Waals surface area (Å²) in [6, 6.07) is 0. The molecular formula is H2AlClO8S2. The Morgan fingerprint density at radius 3 is 0.667 bits per heavy atom. The van der Waals surface area contributed by atoms with Gasteiger partial charge in [0.25, 0.3) is 0 Å². The van der Waals surface area contributed by atoms with Crippen LogP contribution in [-0.4, -0.2) is 52.4 Å². The first-order valence-electron chi connectivity index (χ1n) is 1.33. The van der Waals surface area contributed by atoms with Gasteiger partial charge in [-0.1, -0.05) is 0 Å². The molecule has 0 aliphatic heterocycles. The van der Waals surface area contributed by atoms with Crippen molar-refractivity contribution in [3.63, 3.8) is 0 Å². The van der Waals surface area contributed by atoms with Gasteiger partial charge in [0.2, 0.25) is 0 Å². The largest absolute Gasteiger partial charge is 3.00 e. The number of rotatable bonds is 0. The Bertz CT molecular complexity index is 213. The van der Waals surface area contributed by atoms with Gasteiger partial charge in [0.05, 0.1) is 12.4 Å². The van der Waals surface area contributed by atoms with E-state index in [1.54, 1.807) is 0 Å². The molecule has 0 aromatic heterocycles. The third kappa shape index (κ3) is 3050. The van der Waals surface area contributed by atoms with Crippen molar-refractivity contribution in [2.45, 2.75) is 0 Å². The molecule has 0 aromatic rings. The third-order valence-corrected chi connectivity index (χ3v) is 0. The second-order valence-corrected chi connectivity index (χ2v) is 2.45. The van der Waals surface area contributed by atoms with E-state index >= 15 is 0 Å². The van der Waals surface area contributed by atoms with Crippen LogP contribution in [0.1, 0.15) is 0 Å². The van der Waals surface area contributed by atoms with Gasteiger partial charge in [-0.05, 0) is 0 Å². The van der Waals surface area contributed by atoms with Crippen molar-refractivity contribution in [2.75, 3.05) is 0 Å². The smallest absolute Gasteiger partial charge is 0.759 e. The van der Waals surface area contributed by atoms with E-state index in [9.17, 15) is 0 Å². The van der Waals surface area contributed by atoms with Crippen LogP contribution in [0.15, 0.2) is 0 Å². The second kappa shape index (κ2) is 8.17. The van der Waals surface area contributed by atoms with Crippen LogP contribution in [0.4, 0.5) is 0 Å². The Morgan fingerprint density at radius 1 is 0.667 bits per heavy atom. The molecule has 0 saturated heterocycles. The molecule has 0 fully saturated rings. The molecule has 0 amide bonds. The van der Waals surface area contributed by atoms with Gasteiger partial charge in [0.15, 0.2) is 0 Å². The summed E-state index contributed by atoms with van der Waals surface area (Å²) in [5.74, 6) is 0. The summed E-state index contributed by atoms with van der Waals surface area (Å²) in [6.45, 7) is 0. The first kappa shape index (κ1) is 22.9. The van der Waals surface area contributed by atoms with Crippen LogP contribution in [-0.2, 0) is 20.8 Å². The molecule has 0 atom stereocenters. The monoisotopic (exact) mass is 256 g/mol. The van der Waals surface area contributed by atoms with E-state index in [1.165, 1.54) is 0 Å². The molecule has 0 saturated carbocycles. The zero-order valence-electron chi connectivity index (χ0n) is 5.11. The van der Waals surface area contributed by atoms with E-state index in [0.29, 0.717) is 0 Å². The summed E-state index contributed by atoms with van der Waals surface area (Å²) in [4.78, 5) is 0. The van der Waals surface area contributed by atoms with Crippen molar-refractivity contribution in [3.05, 3.63) is 0 Å². The van der Waals surface area contributed by atoms with Crippen molar-refractivity contribution < 1.29 is 47.5 Å². The van der Waals surface area contributed by atoms with Gasteiger partial charge in [-0.3, -0.25) is 16.8 Å². The van der Waals surface area contributed by atoms with Gasteiger partial charge in [0.1, 0.15) is 0 Å². The fourth-order valence-corrected chi connectivity index (χ4v) is 0. The van der Waals surface area contributed by atoms with Crippen molar-refractivity contribution in [1.29, 1.82) is 0 Å². The molecule has 0 radical (unpaired) electrons. The second-order valence-electron chi connectivity index (χ2n) is 0.816. The zero-order chi connectivity index (χ0) is 9.00. The van der Waals surface area contributed by atoms with Crippen LogP contribution in [0.25, 0.3) is 0 Å². The average molecular weight is 257 g/mol. The molecule has 0 unspecified atom stereocenters. The normalized spacial score (nSPS) is 9.67. The van der Waals surface area contributed by atoms with Crippen LogP contribution in [0.2, 0.25) is 0 Å². The van der Waals surface area contributed by atoms with Crippen LogP contribution >= 0.6 is 0 Å². The van der Waals surface area contributed by atoms with Gasteiger partial charge in [-0.2, -0.15) is 0 Å². The minimum absolute atomic E-state index is 0. The Labute approximate surface area is 85.7 Å². The molecule has 0 aliphatic rings. The predicted octanol–water partition coefficient (Wildman–Crippen LogP) is -3.59. The van der Waals surface area contributed by atoms with Gasteiger partial charge >= 0.3 is 17.4 Å². The maximum Gasteiger partial charge on any atom is 3.00 e. The fourth-order valence-electron chi connectivity index (χ4n) is 0. The minimum Gasteiger partial charge on any atom is -0.759 e. The predicted molar refractivity (Wildman–Crippen MR) is 29.5 cm³/mol. The molecule has 0 N–H and O–H groups in total. The Kier molecular flexibility index (Phi) is 15.6.